The predicted molar refractivity (Wildman–Crippen MR) is 130 cm³/mol. The minimum Gasteiger partial charge on any atom is -0.458 e. The zero-order valence-corrected chi connectivity index (χ0v) is 21.0. The summed E-state index contributed by atoms with van der Waals surface area (Å²) in [5.74, 6) is -0.395. The molecule has 0 aromatic heterocycles. The number of carbonyl (C=O) groups is 2. The van der Waals surface area contributed by atoms with Crippen LogP contribution in [-0.4, -0.2) is 23.6 Å². The van der Waals surface area contributed by atoms with Gasteiger partial charge in [0.05, 0.1) is 0 Å². The first kappa shape index (κ1) is 26.7. The highest BCUT2D eigenvalue weighted by Gasteiger charge is 2.57. The van der Waals surface area contributed by atoms with E-state index in [1.807, 2.05) is 0 Å². The number of rotatable bonds is 11. The molecule has 3 unspecified atom stereocenters. The van der Waals surface area contributed by atoms with Gasteiger partial charge in [0.2, 0.25) is 0 Å². The number of esters is 2. The fourth-order valence-electron chi connectivity index (χ4n) is 6.34. The number of ether oxygens (including phenoxy) is 2. The Bertz CT molecular complexity index is 660. The van der Waals surface area contributed by atoms with Crippen LogP contribution in [0, 0.1) is 16.7 Å². The van der Waals surface area contributed by atoms with Gasteiger partial charge in [-0.15, -0.1) is 13.2 Å². The summed E-state index contributed by atoms with van der Waals surface area (Å²) in [6, 6.07) is 0. The summed E-state index contributed by atoms with van der Waals surface area (Å²) < 4.78 is 12.1. The van der Waals surface area contributed by atoms with Gasteiger partial charge in [0, 0.05) is 19.8 Å². The van der Waals surface area contributed by atoms with Crippen LogP contribution in [0.15, 0.2) is 25.3 Å². The van der Waals surface area contributed by atoms with Crippen molar-refractivity contribution in [2.45, 2.75) is 123 Å². The van der Waals surface area contributed by atoms with E-state index in [9.17, 15) is 9.59 Å². The molecule has 0 N–H and O–H groups in total. The Morgan fingerprint density at radius 3 is 1.91 bits per heavy atom. The molecule has 0 amide bonds. The van der Waals surface area contributed by atoms with Crippen LogP contribution in [0.1, 0.15) is 111 Å². The highest BCUT2D eigenvalue weighted by atomic mass is 16.6. The smallest absolute Gasteiger partial charge is 0.303 e. The fraction of sp³-hybridized carbons (Fsp3) is 0.786. The minimum absolute atomic E-state index is 0.0690. The van der Waals surface area contributed by atoms with Crippen molar-refractivity contribution in [2.75, 3.05) is 0 Å². The van der Waals surface area contributed by atoms with Gasteiger partial charge in [0.25, 0.3) is 0 Å². The molecule has 2 aliphatic carbocycles. The Labute approximate surface area is 196 Å². The van der Waals surface area contributed by atoms with Gasteiger partial charge in [0.15, 0.2) is 5.60 Å². The van der Waals surface area contributed by atoms with E-state index in [2.05, 4.69) is 39.2 Å². The summed E-state index contributed by atoms with van der Waals surface area (Å²) in [7, 11) is 0. The van der Waals surface area contributed by atoms with Gasteiger partial charge in [-0.25, -0.2) is 0 Å². The quantitative estimate of drug-likeness (QED) is 0.246. The highest BCUT2D eigenvalue weighted by molar-refractivity contribution is 5.68. The van der Waals surface area contributed by atoms with Gasteiger partial charge in [-0.2, -0.15) is 0 Å². The van der Waals surface area contributed by atoms with Gasteiger partial charge in [-0.1, -0.05) is 51.7 Å². The monoisotopic (exact) mass is 446 g/mol. The van der Waals surface area contributed by atoms with E-state index in [4.69, 9.17) is 9.47 Å². The number of unbranched alkanes of at least 4 members (excludes halogenated alkanes) is 2. The van der Waals surface area contributed by atoms with Crippen LogP contribution in [0.4, 0.5) is 0 Å². The van der Waals surface area contributed by atoms with E-state index < -0.39 is 11.7 Å². The molecule has 0 aromatic rings. The third-order valence-electron chi connectivity index (χ3n) is 8.39. The Hall–Kier alpha value is -1.58. The molecule has 0 aliphatic heterocycles. The van der Waals surface area contributed by atoms with E-state index in [1.54, 1.807) is 0 Å². The lowest BCUT2D eigenvalue weighted by molar-refractivity contribution is -0.215. The lowest BCUT2D eigenvalue weighted by Gasteiger charge is -2.54. The summed E-state index contributed by atoms with van der Waals surface area (Å²) in [4.78, 5) is 24.5. The number of hydrogen-bond donors (Lipinski definition) is 0. The second-order valence-electron chi connectivity index (χ2n) is 10.5. The lowest BCUT2D eigenvalue weighted by Crippen LogP contribution is -2.59. The van der Waals surface area contributed by atoms with Crippen LogP contribution in [0.3, 0.4) is 0 Å². The van der Waals surface area contributed by atoms with Gasteiger partial charge in [-0.05, 0) is 68.6 Å². The Balaban J connectivity index is 2.34. The van der Waals surface area contributed by atoms with Crippen molar-refractivity contribution in [3.8, 4) is 0 Å². The molecule has 2 aliphatic rings. The number of allylic oxidation sites excluding steroid dienone is 2. The standard InChI is InChI=1S/C28H46O4/c1-7-11-15-26(9-3)17-13-24(14-18-26)28(32-23(6)30)20-19-27(10-4,16-12-8-2)21-25(28)31-22(5)29/h9-10,24-25H,3-4,7-8,11-21H2,1-2,5-6H3. The minimum atomic E-state index is -0.742. The Morgan fingerprint density at radius 2 is 1.44 bits per heavy atom. The van der Waals surface area contributed by atoms with Gasteiger partial charge in [-0.3, -0.25) is 9.59 Å². The van der Waals surface area contributed by atoms with Gasteiger partial charge >= 0.3 is 11.9 Å². The summed E-state index contributed by atoms with van der Waals surface area (Å²) >= 11 is 0. The number of carbonyl (C=O) groups excluding carboxylic acids is 2. The van der Waals surface area contributed by atoms with Crippen LogP contribution in [0.25, 0.3) is 0 Å². The second-order valence-corrected chi connectivity index (χ2v) is 10.5. The van der Waals surface area contributed by atoms with Crippen LogP contribution < -0.4 is 0 Å². The fourth-order valence-corrected chi connectivity index (χ4v) is 6.34. The molecular weight excluding hydrogens is 400 g/mol. The lowest BCUT2D eigenvalue weighted by atomic mass is 9.57. The molecule has 0 aromatic carbocycles. The van der Waals surface area contributed by atoms with Crippen molar-refractivity contribution in [1.29, 1.82) is 0 Å². The molecule has 0 bridgehead atoms. The first-order valence-electron chi connectivity index (χ1n) is 12.8. The van der Waals surface area contributed by atoms with Crippen LogP contribution in [0.2, 0.25) is 0 Å². The molecule has 0 spiro atoms. The maximum Gasteiger partial charge on any atom is 0.303 e. The SMILES string of the molecule is C=CC1(CCCC)CCC(C2(OC(C)=O)CCC(C=C)(CCCC)CC2OC(C)=O)CC1. The molecule has 182 valence electrons. The van der Waals surface area contributed by atoms with E-state index in [-0.39, 0.29) is 28.7 Å². The highest BCUT2D eigenvalue weighted by Crippen LogP contribution is 2.55. The summed E-state index contributed by atoms with van der Waals surface area (Å²) in [5, 5.41) is 0. The van der Waals surface area contributed by atoms with Crippen molar-refractivity contribution >= 4 is 11.9 Å². The topological polar surface area (TPSA) is 52.6 Å². The molecule has 32 heavy (non-hydrogen) atoms. The molecule has 2 fully saturated rings. The molecule has 4 nitrogen and oxygen atoms in total. The molecule has 2 saturated carbocycles. The van der Waals surface area contributed by atoms with Crippen molar-refractivity contribution in [2.24, 2.45) is 16.7 Å². The largest absolute Gasteiger partial charge is 0.458 e. The van der Waals surface area contributed by atoms with Crippen LogP contribution >= 0.6 is 0 Å². The third kappa shape index (κ3) is 6.05. The average molecular weight is 447 g/mol. The molecule has 0 heterocycles. The molecule has 2 rings (SSSR count). The van der Waals surface area contributed by atoms with E-state index in [0.717, 1.165) is 57.8 Å². The summed E-state index contributed by atoms with van der Waals surface area (Å²) in [6.07, 6.45) is 17.0. The third-order valence-corrected chi connectivity index (χ3v) is 8.39. The maximum absolute atomic E-state index is 12.3. The molecular formula is C28H46O4. The van der Waals surface area contributed by atoms with Crippen molar-refractivity contribution < 1.29 is 19.1 Å². The number of hydrogen-bond acceptors (Lipinski definition) is 4. The van der Waals surface area contributed by atoms with Crippen molar-refractivity contribution in [1.82, 2.24) is 0 Å². The summed E-state index contributed by atoms with van der Waals surface area (Å²) in [6.45, 7) is 15.7. The zero-order chi connectivity index (χ0) is 23.8. The Kier molecular flexibility index (Phi) is 9.60. The Morgan fingerprint density at radius 1 is 0.875 bits per heavy atom. The molecule has 4 heteroatoms. The molecule has 0 saturated heterocycles. The zero-order valence-electron chi connectivity index (χ0n) is 21.0. The van der Waals surface area contributed by atoms with Crippen LogP contribution in [-0.2, 0) is 19.1 Å². The predicted octanol–water partition coefficient (Wildman–Crippen LogP) is 7.32. The van der Waals surface area contributed by atoms with Crippen molar-refractivity contribution in [3.05, 3.63) is 25.3 Å². The van der Waals surface area contributed by atoms with Gasteiger partial charge in [0.1, 0.15) is 6.10 Å². The van der Waals surface area contributed by atoms with E-state index in [0.29, 0.717) is 6.42 Å². The molecule has 0 radical (unpaired) electrons. The maximum atomic E-state index is 12.3. The van der Waals surface area contributed by atoms with Gasteiger partial charge < -0.3 is 9.47 Å². The van der Waals surface area contributed by atoms with E-state index in [1.165, 1.54) is 33.1 Å². The second kappa shape index (κ2) is 11.5. The summed E-state index contributed by atoms with van der Waals surface area (Å²) in [5.41, 5.74) is -0.629. The first-order valence-corrected chi connectivity index (χ1v) is 12.8. The first-order chi connectivity index (χ1) is 15.2. The van der Waals surface area contributed by atoms with E-state index >= 15 is 0 Å². The van der Waals surface area contributed by atoms with Crippen molar-refractivity contribution in [3.63, 3.8) is 0 Å². The molecule has 3 atom stereocenters. The van der Waals surface area contributed by atoms with Crippen LogP contribution in [0.5, 0.6) is 0 Å². The normalized spacial score (nSPS) is 35.0. The average Bonchev–Trinajstić information content (AvgIpc) is 2.77.